The van der Waals surface area contributed by atoms with E-state index in [-0.39, 0.29) is 6.10 Å². The molecular formula is C24H36O2. The summed E-state index contributed by atoms with van der Waals surface area (Å²) in [4.78, 5) is 0. The minimum absolute atomic E-state index is 0.0604. The van der Waals surface area contributed by atoms with Crippen LogP contribution in [0.4, 0.5) is 0 Å². The molecule has 0 aromatic heterocycles. The van der Waals surface area contributed by atoms with Crippen LogP contribution in [0.1, 0.15) is 76.7 Å². The number of benzene rings is 1. The number of aliphatic hydroxyl groups is 1. The zero-order chi connectivity index (χ0) is 18.1. The van der Waals surface area contributed by atoms with E-state index in [1.165, 1.54) is 63.4 Å². The third-order valence-corrected chi connectivity index (χ3v) is 7.85. The van der Waals surface area contributed by atoms with E-state index in [4.69, 9.17) is 4.74 Å². The molecule has 4 saturated carbocycles. The molecule has 0 radical (unpaired) electrons. The van der Waals surface area contributed by atoms with Crippen LogP contribution in [0.2, 0.25) is 0 Å². The molecule has 1 aromatic carbocycles. The lowest BCUT2D eigenvalue weighted by molar-refractivity contribution is -0.104. The Morgan fingerprint density at radius 2 is 1.73 bits per heavy atom. The number of rotatable bonds is 8. The molecule has 0 aliphatic heterocycles. The summed E-state index contributed by atoms with van der Waals surface area (Å²) in [7, 11) is 1.74. The minimum atomic E-state index is -0.0604. The summed E-state index contributed by atoms with van der Waals surface area (Å²) in [5, 5.41) is 11.0. The fraction of sp³-hybridized carbons (Fsp3) is 0.750. The third-order valence-electron chi connectivity index (χ3n) is 7.85. The van der Waals surface area contributed by atoms with Crippen LogP contribution in [0.5, 0.6) is 5.75 Å². The van der Waals surface area contributed by atoms with Crippen LogP contribution >= 0.6 is 0 Å². The summed E-state index contributed by atoms with van der Waals surface area (Å²) < 4.78 is 5.36. The highest BCUT2D eigenvalue weighted by Crippen LogP contribution is 2.63. The van der Waals surface area contributed by atoms with Gasteiger partial charge < -0.3 is 9.84 Å². The largest absolute Gasteiger partial charge is 0.497 e. The quantitative estimate of drug-likeness (QED) is 0.604. The number of unbranched alkanes of at least 4 members (excludes halogenated alkanes) is 3. The molecule has 0 spiro atoms. The van der Waals surface area contributed by atoms with E-state index in [1.807, 2.05) is 0 Å². The average Bonchev–Trinajstić information content (AvgIpc) is 2.64. The molecule has 1 N–H and O–H groups in total. The molecular weight excluding hydrogens is 320 g/mol. The first kappa shape index (κ1) is 18.3. The van der Waals surface area contributed by atoms with Gasteiger partial charge in [0.25, 0.3) is 0 Å². The SMILES string of the molecule is CCCCCC[C@H](O)C1C2CC3CC1CC(c1ccc(OC)cc1)(C3)C2. The van der Waals surface area contributed by atoms with E-state index in [0.29, 0.717) is 11.3 Å². The van der Waals surface area contributed by atoms with Crippen molar-refractivity contribution in [3.63, 3.8) is 0 Å². The molecule has 3 atom stereocenters. The fourth-order valence-corrected chi connectivity index (χ4v) is 6.96. The highest BCUT2D eigenvalue weighted by Gasteiger charge is 2.56. The minimum Gasteiger partial charge on any atom is -0.497 e. The van der Waals surface area contributed by atoms with Gasteiger partial charge in [0.15, 0.2) is 0 Å². The molecule has 4 aliphatic carbocycles. The molecule has 1 aromatic rings. The summed E-state index contributed by atoms with van der Waals surface area (Å²) in [5.41, 5.74) is 1.90. The Hall–Kier alpha value is -1.02. The van der Waals surface area contributed by atoms with Crippen LogP contribution in [0.25, 0.3) is 0 Å². The van der Waals surface area contributed by atoms with Crippen molar-refractivity contribution in [3.8, 4) is 5.75 Å². The standard InChI is InChI=1S/C24H36O2/c1-3-4-5-6-7-22(25)23-18-12-17-13-19(23)16-24(14-17,15-18)20-8-10-21(26-2)11-9-20/h8-11,17-19,22-23,25H,3-7,12-16H2,1-2H3/t17?,18?,19?,22-,23?,24?/m0/s1. The summed E-state index contributed by atoms with van der Waals surface area (Å²) >= 11 is 0. The van der Waals surface area contributed by atoms with Crippen molar-refractivity contribution in [2.75, 3.05) is 7.11 Å². The normalized spacial score (nSPS) is 36.3. The Kier molecular flexibility index (Phi) is 5.32. The lowest BCUT2D eigenvalue weighted by Gasteiger charge is -2.61. The maximum absolute atomic E-state index is 11.0. The van der Waals surface area contributed by atoms with Crippen LogP contribution in [-0.2, 0) is 5.41 Å². The Balaban J connectivity index is 1.47. The first-order valence-corrected chi connectivity index (χ1v) is 11.0. The van der Waals surface area contributed by atoms with Crippen LogP contribution < -0.4 is 4.74 Å². The first-order chi connectivity index (χ1) is 12.6. The highest BCUT2D eigenvalue weighted by atomic mass is 16.5. The van der Waals surface area contributed by atoms with Gasteiger partial charge in [-0.3, -0.25) is 0 Å². The van der Waals surface area contributed by atoms with Crippen molar-refractivity contribution in [3.05, 3.63) is 29.8 Å². The topological polar surface area (TPSA) is 29.5 Å². The van der Waals surface area contributed by atoms with Crippen molar-refractivity contribution in [1.82, 2.24) is 0 Å². The summed E-state index contributed by atoms with van der Waals surface area (Å²) in [6.07, 6.45) is 12.7. The highest BCUT2D eigenvalue weighted by molar-refractivity contribution is 5.35. The molecule has 144 valence electrons. The van der Waals surface area contributed by atoms with E-state index in [1.54, 1.807) is 7.11 Å². The van der Waals surface area contributed by atoms with Gasteiger partial charge in [0.2, 0.25) is 0 Å². The second-order valence-electron chi connectivity index (χ2n) is 9.47. The van der Waals surface area contributed by atoms with Gasteiger partial charge in [0.05, 0.1) is 13.2 Å². The average molecular weight is 357 g/mol. The van der Waals surface area contributed by atoms with Gasteiger partial charge in [-0.05, 0) is 85.3 Å². The van der Waals surface area contributed by atoms with Crippen LogP contribution in [0.3, 0.4) is 0 Å². The second-order valence-corrected chi connectivity index (χ2v) is 9.47. The molecule has 0 amide bonds. The van der Waals surface area contributed by atoms with Crippen LogP contribution in [-0.4, -0.2) is 18.3 Å². The first-order valence-electron chi connectivity index (χ1n) is 11.0. The maximum atomic E-state index is 11.0. The third kappa shape index (κ3) is 3.30. The van der Waals surface area contributed by atoms with Crippen LogP contribution in [0, 0.1) is 23.7 Å². The van der Waals surface area contributed by atoms with E-state index >= 15 is 0 Å². The molecule has 0 heterocycles. The molecule has 0 saturated heterocycles. The summed E-state index contributed by atoms with van der Waals surface area (Å²) in [6.45, 7) is 2.26. The summed E-state index contributed by atoms with van der Waals surface area (Å²) in [5.74, 6) is 3.89. The Bertz CT molecular complexity index is 577. The van der Waals surface area contributed by atoms with E-state index in [9.17, 15) is 5.11 Å². The maximum Gasteiger partial charge on any atom is 0.118 e. The van der Waals surface area contributed by atoms with Gasteiger partial charge in [0, 0.05) is 0 Å². The number of aliphatic hydroxyl groups excluding tert-OH is 1. The molecule has 4 aliphatic rings. The number of methoxy groups -OCH3 is 1. The molecule has 2 unspecified atom stereocenters. The van der Waals surface area contributed by atoms with Gasteiger partial charge in [-0.2, -0.15) is 0 Å². The Morgan fingerprint density at radius 1 is 1.04 bits per heavy atom. The zero-order valence-corrected chi connectivity index (χ0v) is 16.6. The number of hydrogen-bond donors (Lipinski definition) is 1. The zero-order valence-electron chi connectivity index (χ0n) is 16.6. The van der Waals surface area contributed by atoms with Crippen molar-refractivity contribution in [2.24, 2.45) is 23.7 Å². The predicted octanol–water partition coefficient (Wildman–Crippen LogP) is 5.72. The summed E-state index contributed by atoms with van der Waals surface area (Å²) in [6, 6.07) is 8.88. The van der Waals surface area contributed by atoms with Gasteiger partial charge in [0.1, 0.15) is 5.75 Å². The van der Waals surface area contributed by atoms with E-state index in [0.717, 1.165) is 29.9 Å². The molecule has 2 heteroatoms. The van der Waals surface area contributed by atoms with Gasteiger partial charge >= 0.3 is 0 Å². The molecule has 5 rings (SSSR count). The lowest BCUT2D eigenvalue weighted by Crippen LogP contribution is -2.55. The van der Waals surface area contributed by atoms with Gasteiger partial charge in [-0.15, -0.1) is 0 Å². The van der Waals surface area contributed by atoms with Gasteiger partial charge in [-0.25, -0.2) is 0 Å². The molecule has 4 fully saturated rings. The molecule has 26 heavy (non-hydrogen) atoms. The number of hydrogen-bond acceptors (Lipinski definition) is 2. The lowest BCUT2D eigenvalue weighted by atomic mass is 9.44. The van der Waals surface area contributed by atoms with Crippen molar-refractivity contribution >= 4 is 0 Å². The number of ether oxygens (including phenoxy) is 1. The predicted molar refractivity (Wildman–Crippen MR) is 106 cm³/mol. The van der Waals surface area contributed by atoms with Crippen LogP contribution in [0.15, 0.2) is 24.3 Å². The van der Waals surface area contributed by atoms with E-state index in [2.05, 4.69) is 31.2 Å². The molecule has 4 bridgehead atoms. The molecule has 2 nitrogen and oxygen atoms in total. The smallest absolute Gasteiger partial charge is 0.118 e. The van der Waals surface area contributed by atoms with E-state index < -0.39 is 0 Å². The Morgan fingerprint density at radius 3 is 2.35 bits per heavy atom. The van der Waals surface area contributed by atoms with Gasteiger partial charge in [-0.1, -0.05) is 44.7 Å². The van der Waals surface area contributed by atoms with Crippen molar-refractivity contribution in [1.29, 1.82) is 0 Å². The van der Waals surface area contributed by atoms with Crippen molar-refractivity contribution < 1.29 is 9.84 Å². The van der Waals surface area contributed by atoms with Crippen molar-refractivity contribution in [2.45, 2.75) is 82.7 Å². The second kappa shape index (κ2) is 7.54. The fourth-order valence-electron chi connectivity index (χ4n) is 6.96. The monoisotopic (exact) mass is 356 g/mol. The Labute approximate surface area is 159 Å².